The maximum Gasteiger partial charge on any atom is 0.229 e. The van der Waals surface area contributed by atoms with Crippen LogP contribution in [0.2, 0.25) is 0 Å². The zero-order valence-corrected chi connectivity index (χ0v) is 12.2. The maximum absolute atomic E-state index is 12.4. The van der Waals surface area contributed by atoms with E-state index in [1.165, 1.54) is 12.3 Å². The molecule has 0 aromatic carbocycles. The van der Waals surface area contributed by atoms with Crippen molar-refractivity contribution < 1.29 is 4.79 Å². The van der Waals surface area contributed by atoms with E-state index in [1.54, 1.807) is 12.4 Å². The summed E-state index contributed by atoms with van der Waals surface area (Å²) in [5, 5.41) is 2.72. The molecule has 1 saturated heterocycles. The van der Waals surface area contributed by atoms with Gasteiger partial charge in [-0.1, -0.05) is 6.07 Å². The molecule has 114 valence electrons. The molecular weight excluding hydrogens is 280 g/mol. The molecule has 2 aromatic heterocycles. The van der Waals surface area contributed by atoms with Crippen molar-refractivity contribution in [3.8, 4) is 0 Å². The molecule has 0 radical (unpaired) electrons. The summed E-state index contributed by atoms with van der Waals surface area (Å²) in [7, 11) is 0. The molecule has 0 saturated carbocycles. The number of carbonyl (C=O) groups is 1. The van der Waals surface area contributed by atoms with Crippen LogP contribution in [0.4, 0.5) is 11.5 Å². The van der Waals surface area contributed by atoms with Crippen LogP contribution in [0.3, 0.4) is 0 Å². The van der Waals surface area contributed by atoms with E-state index in [4.69, 9.17) is 0 Å². The second-order valence-corrected chi connectivity index (χ2v) is 5.38. The number of hydrogen-bond acceptors (Lipinski definition) is 4. The molecule has 1 atom stereocenters. The second kappa shape index (κ2) is 6.43. The van der Waals surface area contributed by atoms with Gasteiger partial charge in [0.25, 0.3) is 0 Å². The summed E-state index contributed by atoms with van der Waals surface area (Å²) in [5.74, 6) is 0.630. The minimum absolute atomic E-state index is 0.114. The van der Waals surface area contributed by atoms with E-state index >= 15 is 0 Å². The maximum atomic E-state index is 12.4. The third-order valence-electron chi connectivity index (χ3n) is 3.85. The van der Waals surface area contributed by atoms with Gasteiger partial charge >= 0.3 is 0 Å². The first-order valence-corrected chi connectivity index (χ1v) is 7.38. The Bertz CT molecular complexity index is 699. The van der Waals surface area contributed by atoms with Crippen LogP contribution in [0.25, 0.3) is 0 Å². The van der Waals surface area contributed by atoms with Crippen LogP contribution in [-0.2, 0) is 4.79 Å². The number of pyridine rings is 2. The fourth-order valence-corrected chi connectivity index (χ4v) is 2.69. The summed E-state index contributed by atoms with van der Waals surface area (Å²) in [6.45, 7) is 1.51. The van der Waals surface area contributed by atoms with Crippen LogP contribution >= 0.6 is 0 Å². The lowest BCUT2D eigenvalue weighted by molar-refractivity contribution is -0.120. The van der Waals surface area contributed by atoms with Gasteiger partial charge in [-0.2, -0.15) is 0 Å². The van der Waals surface area contributed by atoms with Gasteiger partial charge in [-0.15, -0.1) is 0 Å². The topological polar surface area (TPSA) is 78.1 Å². The van der Waals surface area contributed by atoms with Crippen molar-refractivity contribution in [3.05, 3.63) is 53.1 Å². The monoisotopic (exact) mass is 298 g/mol. The molecule has 22 heavy (non-hydrogen) atoms. The summed E-state index contributed by atoms with van der Waals surface area (Å²) in [5.41, 5.74) is 0.104. The zero-order valence-electron chi connectivity index (χ0n) is 12.2. The average molecular weight is 298 g/mol. The number of piperidine rings is 1. The van der Waals surface area contributed by atoms with Crippen LogP contribution in [-0.4, -0.2) is 29.0 Å². The highest BCUT2D eigenvalue weighted by atomic mass is 16.2. The molecule has 6 heteroatoms. The van der Waals surface area contributed by atoms with E-state index in [9.17, 15) is 9.59 Å². The molecule has 0 bridgehead atoms. The van der Waals surface area contributed by atoms with Gasteiger partial charge in [-0.25, -0.2) is 4.98 Å². The Morgan fingerprint density at radius 1 is 1.36 bits per heavy atom. The molecule has 0 aliphatic carbocycles. The van der Waals surface area contributed by atoms with E-state index in [0.717, 1.165) is 25.2 Å². The fraction of sp³-hybridized carbons (Fsp3) is 0.312. The molecular formula is C16H18N4O2. The first-order chi connectivity index (χ1) is 10.7. The number of H-pyrrole nitrogens is 1. The predicted molar refractivity (Wildman–Crippen MR) is 84.9 cm³/mol. The van der Waals surface area contributed by atoms with E-state index in [0.29, 0.717) is 12.2 Å². The summed E-state index contributed by atoms with van der Waals surface area (Å²) in [4.78, 5) is 33.3. The highest BCUT2D eigenvalue weighted by molar-refractivity contribution is 5.92. The lowest BCUT2D eigenvalue weighted by Gasteiger charge is -2.32. The number of hydrogen-bond donors (Lipinski definition) is 2. The van der Waals surface area contributed by atoms with Gasteiger partial charge in [0, 0.05) is 37.7 Å². The van der Waals surface area contributed by atoms with Gasteiger partial charge in [0.15, 0.2) is 0 Å². The molecule has 6 nitrogen and oxygen atoms in total. The quantitative estimate of drug-likeness (QED) is 0.902. The van der Waals surface area contributed by atoms with E-state index < -0.39 is 0 Å². The summed E-state index contributed by atoms with van der Waals surface area (Å²) >= 11 is 0. The predicted octanol–water partition coefficient (Wildman–Crippen LogP) is 1.62. The number of carbonyl (C=O) groups excluding carboxylic acids is 1. The van der Waals surface area contributed by atoms with Crippen molar-refractivity contribution in [2.45, 2.75) is 12.8 Å². The first-order valence-electron chi connectivity index (χ1n) is 7.38. The zero-order chi connectivity index (χ0) is 15.4. The Morgan fingerprint density at radius 2 is 2.27 bits per heavy atom. The molecule has 1 amide bonds. The van der Waals surface area contributed by atoms with Gasteiger partial charge in [0.05, 0.1) is 5.92 Å². The molecule has 1 aliphatic heterocycles. The molecule has 0 unspecified atom stereocenters. The Morgan fingerprint density at radius 3 is 3.05 bits per heavy atom. The number of aromatic amines is 1. The Balaban J connectivity index is 1.68. The Kier molecular flexibility index (Phi) is 4.18. The molecule has 1 fully saturated rings. The first kappa shape index (κ1) is 14.3. The number of amides is 1. The standard InChI is InChI=1S/C16H18N4O2/c21-14-6-8-17-10-13(14)19-16(22)12-4-3-9-20(11-12)15-5-1-2-7-18-15/h1-2,5-8,10,12H,3-4,9,11H2,(H,17,21)(H,19,22)/t12-/m0/s1. The van der Waals surface area contributed by atoms with Crippen LogP contribution in [0.5, 0.6) is 0 Å². The minimum atomic E-state index is -0.190. The molecule has 3 heterocycles. The minimum Gasteiger partial charge on any atom is -0.366 e. The lowest BCUT2D eigenvalue weighted by Crippen LogP contribution is -2.41. The van der Waals surface area contributed by atoms with Crippen molar-refractivity contribution in [2.75, 3.05) is 23.3 Å². The van der Waals surface area contributed by atoms with Gasteiger partial charge in [-0.3, -0.25) is 9.59 Å². The molecule has 0 spiro atoms. The highest BCUT2D eigenvalue weighted by Crippen LogP contribution is 2.22. The van der Waals surface area contributed by atoms with E-state index in [1.807, 2.05) is 18.2 Å². The number of anilines is 2. The van der Waals surface area contributed by atoms with Crippen LogP contribution in [0.1, 0.15) is 12.8 Å². The van der Waals surface area contributed by atoms with Crippen molar-refractivity contribution in [1.82, 2.24) is 9.97 Å². The molecule has 3 rings (SSSR count). The summed E-state index contributed by atoms with van der Waals surface area (Å²) in [6.07, 6.45) is 6.56. The summed E-state index contributed by atoms with van der Waals surface area (Å²) in [6, 6.07) is 7.16. The van der Waals surface area contributed by atoms with Gasteiger partial charge in [0.1, 0.15) is 11.5 Å². The number of rotatable bonds is 3. The third-order valence-corrected chi connectivity index (χ3v) is 3.85. The van der Waals surface area contributed by atoms with E-state index in [-0.39, 0.29) is 17.3 Å². The fourth-order valence-electron chi connectivity index (χ4n) is 2.69. The SMILES string of the molecule is O=C(Nc1c[nH]ccc1=O)[C@H]1CCCN(c2ccccn2)C1. The average Bonchev–Trinajstić information content (AvgIpc) is 2.58. The van der Waals surface area contributed by atoms with Crippen molar-refractivity contribution in [3.63, 3.8) is 0 Å². The molecule has 2 aromatic rings. The smallest absolute Gasteiger partial charge is 0.229 e. The Labute approximate surface area is 128 Å². The lowest BCUT2D eigenvalue weighted by atomic mass is 9.97. The summed E-state index contributed by atoms with van der Waals surface area (Å²) < 4.78 is 0. The van der Waals surface area contributed by atoms with Crippen molar-refractivity contribution >= 4 is 17.4 Å². The third kappa shape index (κ3) is 3.16. The Hall–Kier alpha value is -2.63. The van der Waals surface area contributed by atoms with Gasteiger partial charge in [0.2, 0.25) is 11.3 Å². The normalized spacial score (nSPS) is 18.0. The van der Waals surface area contributed by atoms with E-state index in [2.05, 4.69) is 20.2 Å². The van der Waals surface area contributed by atoms with Gasteiger partial charge < -0.3 is 15.2 Å². The van der Waals surface area contributed by atoms with Gasteiger partial charge in [-0.05, 0) is 25.0 Å². The number of aromatic nitrogens is 2. The highest BCUT2D eigenvalue weighted by Gasteiger charge is 2.26. The van der Waals surface area contributed by atoms with Crippen molar-refractivity contribution in [1.29, 1.82) is 0 Å². The molecule has 2 N–H and O–H groups in total. The number of nitrogens with zero attached hydrogens (tertiary/aromatic N) is 2. The van der Waals surface area contributed by atoms with Crippen LogP contribution < -0.4 is 15.6 Å². The van der Waals surface area contributed by atoms with Crippen LogP contribution in [0, 0.1) is 5.92 Å². The second-order valence-electron chi connectivity index (χ2n) is 5.38. The number of nitrogens with one attached hydrogen (secondary N) is 2. The van der Waals surface area contributed by atoms with Crippen molar-refractivity contribution in [2.24, 2.45) is 5.92 Å². The van der Waals surface area contributed by atoms with Crippen LogP contribution in [0.15, 0.2) is 47.7 Å². The largest absolute Gasteiger partial charge is 0.366 e. The molecule has 1 aliphatic rings.